The van der Waals surface area contributed by atoms with Crippen LogP contribution in [0, 0.1) is 6.92 Å². The third-order valence-corrected chi connectivity index (χ3v) is 3.19. The smallest absolute Gasteiger partial charge is 0.253 e. The van der Waals surface area contributed by atoms with Crippen molar-refractivity contribution in [1.82, 2.24) is 20.1 Å². The first-order valence-corrected chi connectivity index (χ1v) is 7.07. The molecule has 2 aromatic rings. The number of amides is 1. The van der Waals surface area contributed by atoms with Crippen LogP contribution in [0.25, 0.3) is 0 Å². The molecule has 0 saturated carbocycles. The number of nitrogens with zero attached hydrogens (tertiary/aromatic N) is 3. The third kappa shape index (κ3) is 3.81. The highest BCUT2D eigenvalue weighted by molar-refractivity contribution is 5.99. The molecule has 0 fully saturated rings. The lowest BCUT2D eigenvalue weighted by molar-refractivity contribution is 0.0951. The first kappa shape index (κ1) is 15.0. The molecule has 6 heteroatoms. The molecule has 0 aliphatic rings. The van der Waals surface area contributed by atoms with Crippen LogP contribution in [0.4, 0.5) is 5.69 Å². The van der Waals surface area contributed by atoms with Crippen LogP contribution in [0.5, 0.6) is 0 Å². The maximum Gasteiger partial charge on any atom is 0.253 e. The Hall–Kier alpha value is -2.37. The van der Waals surface area contributed by atoms with Crippen molar-refractivity contribution < 1.29 is 4.79 Å². The Labute approximate surface area is 124 Å². The summed E-state index contributed by atoms with van der Waals surface area (Å²) in [4.78, 5) is 16.4. The fourth-order valence-electron chi connectivity index (χ4n) is 2.09. The van der Waals surface area contributed by atoms with Crippen molar-refractivity contribution in [2.24, 2.45) is 7.05 Å². The van der Waals surface area contributed by atoms with Crippen molar-refractivity contribution in [3.63, 3.8) is 0 Å². The topological polar surface area (TPSA) is 71.8 Å². The lowest BCUT2D eigenvalue weighted by atomic mass is 10.2. The number of aryl methyl sites for hydroxylation is 2. The van der Waals surface area contributed by atoms with E-state index in [9.17, 15) is 4.79 Å². The number of carbonyl (C=O) groups excluding carboxylic acids is 1. The summed E-state index contributed by atoms with van der Waals surface area (Å²) in [6.07, 6.45) is 6.21. The Kier molecular flexibility index (Phi) is 4.92. The fraction of sp³-hybridized carbons (Fsp3) is 0.400. The number of carbonyl (C=O) groups is 1. The Morgan fingerprint density at radius 1 is 1.43 bits per heavy atom. The summed E-state index contributed by atoms with van der Waals surface area (Å²) in [6.45, 7) is 5.29. The van der Waals surface area contributed by atoms with Crippen molar-refractivity contribution in [2.45, 2.75) is 26.8 Å². The van der Waals surface area contributed by atoms with Gasteiger partial charge in [0.2, 0.25) is 0 Å². The van der Waals surface area contributed by atoms with Gasteiger partial charge in [-0.3, -0.25) is 14.5 Å². The van der Waals surface area contributed by atoms with Crippen LogP contribution in [0.2, 0.25) is 0 Å². The summed E-state index contributed by atoms with van der Waals surface area (Å²) < 4.78 is 1.75. The van der Waals surface area contributed by atoms with E-state index in [1.165, 1.54) is 0 Å². The molecule has 0 aliphatic carbocycles. The van der Waals surface area contributed by atoms with Gasteiger partial charge in [-0.15, -0.1) is 0 Å². The van der Waals surface area contributed by atoms with Crippen LogP contribution < -0.4 is 10.6 Å². The Morgan fingerprint density at radius 3 is 2.90 bits per heavy atom. The number of rotatable bonds is 6. The minimum atomic E-state index is -0.112. The van der Waals surface area contributed by atoms with Gasteiger partial charge in [0.05, 0.1) is 23.1 Å². The molecular formula is C15H21N5O. The summed E-state index contributed by atoms with van der Waals surface area (Å²) in [5.41, 5.74) is 3.32. The van der Waals surface area contributed by atoms with Gasteiger partial charge in [0.15, 0.2) is 0 Å². The summed E-state index contributed by atoms with van der Waals surface area (Å²) in [7, 11) is 1.87. The molecule has 0 aromatic carbocycles. The van der Waals surface area contributed by atoms with E-state index in [0.29, 0.717) is 12.1 Å². The van der Waals surface area contributed by atoms with Crippen molar-refractivity contribution >= 4 is 11.6 Å². The van der Waals surface area contributed by atoms with Gasteiger partial charge in [-0.25, -0.2) is 0 Å². The SMILES string of the molecule is CCCNc1cnccc1C(=O)NCc1cn(C)nc1C. The number of hydrogen-bond acceptors (Lipinski definition) is 4. The quantitative estimate of drug-likeness (QED) is 0.851. The van der Waals surface area contributed by atoms with Crippen LogP contribution in [-0.4, -0.2) is 27.2 Å². The lowest BCUT2D eigenvalue weighted by Crippen LogP contribution is -2.24. The molecule has 2 aromatic heterocycles. The molecule has 2 N–H and O–H groups in total. The second-order valence-corrected chi connectivity index (χ2v) is 4.94. The summed E-state index contributed by atoms with van der Waals surface area (Å²) in [5.74, 6) is -0.112. The zero-order valence-corrected chi connectivity index (χ0v) is 12.7. The standard InChI is InChI=1S/C15H21N5O/c1-4-6-17-14-9-16-7-5-13(14)15(21)18-8-12-10-20(3)19-11(12)2/h5,7,9-10,17H,4,6,8H2,1-3H3,(H,18,21). The van der Waals surface area contributed by atoms with Gasteiger partial charge in [0.1, 0.15) is 0 Å². The van der Waals surface area contributed by atoms with E-state index >= 15 is 0 Å². The molecule has 6 nitrogen and oxygen atoms in total. The molecule has 0 bridgehead atoms. The highest BCUT2D eigenvalue weighted by atomic mass is 16.1. The highest BCUT2D eigenvalue weighted by Crippen LogP contribution is 2.13. The normalized spacial score (nSPS) is 10.4. The minimum Gasteiger partial charge on any atom is -0.383 e. The van der Waals surface area contributed by atoms with E-state index in [1.54, 1.807) is 23.1 Å². The van der Waals surface area contributed by atoms with Crippen LogP contribution >= 0.6 is 0 Å². The first-order chi connectivity index (χ1) is 10.1. The predicted molar refractivity (Wildman–Crippen MR) is 82.1 cm³/mol. The average Bonchev–Trinajstić information content (AvgIpc) is 2.81. The van der Waals surface area contributed by atoms with Crippen LogP contribution in [0.3, 0.4) is 0 Å². The van der Waals surface area contributed by atoms with E-state index in [4.69, 9.17) is 0 Å². The van der Waals surface area contributed by atoms with Crippen molar-refractivity contribution in [1.29, 1.82) is 0 Å². The molecule has 0 radical (unpaired) electrons. The van der Waals surface area contributed by atoms with E-state index in [0.717, 1.165) is 29.9 Å². The van der Waals surface area contributed by atoms with Gasteiger partial charge in [0, 0.05) is 38.1 Å². The van der Waals surface area contributed by atoms with Gasteiger partial charge >= 0.3 is 0 Å². The fourth-order valence-corrected chi connectivity index (χ4v) is 2.09. The van der Waals surface area contributed by atoms with E-state index in [2.05, 4.69) is 27.6 Å². The number of pyridine rings is 1. The summed E-state index contributed by atoms with van der Waals surface area (Å²) in [5, 5.41) is 10.4. The van der Waals surface area contributed by atoms with Gasteiger partial charge in [-0.1, -0.05) is 6.92 Å². The molecule has 0 aliphatic heterocycles. The molecular weight excluding hydrogens is 266 g/mol. The maximum atomic E-state index is 12.3. The molecule has 0 unspecified atom stereocenters. The number of hydrogen-bond donors (Lipinski definition) is 2. The zero-order chi connectivity index (χ0) is 15.2. The van der Waals surface area contributed by atoms with Gasteiger partial charge < -0.3 is 10.6 Å². The third-order valence-electron chi connectivity index (χ3n) is 3.19. The minimum absolute atomic E-state index is 0.112. The van der Waals surface area contributed by atoms with Crippen molar-refractivity contribution in [2.75, 3.05) is 11.9 Å². The zero-order valence-electron chi connectivity index (χ0n) is 12.7. The maximum absolute atomic E-state index is 12.3. The molecule has 0 saturated heterocycles. The van der Waals surface area contributed by atoms with Gasteiger partial charge in [-0.05, 0) is 19.4 Å². The molecule has 0 atom stereocenters. The lowest BCUT2D eigenvalue weighted by Gasteiger charge is -2.10. The second kappa shape index (κ2) is 6.88. The molecule has 1 amide bonds. The van der Waals surface area contributed by atoms with E-state index in [-0.39, 0.29) is 5.91 Å². The highest BCUT2D eigenvalue weighted by Gasteiger charge is 2.12. The Morgan fingerprint density at radius 2 is 2.24 bits per heavy atom. The molecule has 21 heavy (non-hydrogen) atoms. The first-order valence-electron chi connectivity index (χ1n) is 7.07. The van der Waals surface area contributed by atoms with Crippen LogP contribution in [0.1, 0.15) is 35.0 Å². The molecule has 2 heterocycles. The van der Waals surface area contributed by atoms with E-state index < -0.39 is 0 Å². The summed E-state index contributed by atoms with van der Waals surface area (Å²) >= 11 is 0. The number of nitrogens with one attached hydrogen (secondary N) is 2. The largest absolute Gasteiger partial charge is 0.383 e. The predicted octanol–water partition coefficient (Wildman–Crippen LogP) is 1.88. The average molecular weight is 287 g/mol. The van der Waals surface area contributed by atoms with Crippen molar-refractivity contribution in [3.8, 4) is 0 Å². The Bertz CT molecular complexity index is 620. The van der Waals surface area contributed by atoms with Gasteiger partial charge in [-0.2, -0.15) is 5.10 Å². The number of aromatic nitrogens is 3. The van der Waals surface area contributed by atoms with Crippen LogP contribution in [-0.2, 0) is 13.6 Å². The van der Waals surface area contributed by atoms with Crippen molar-refractivity contribution in [3.05, 3.63) is 41.5 Å². The van der Waals surface area contributed by atoms with Crippen LogP contribution in [0.15, 0.2) is 24.7 Å². The Balaban J connectivity index is 2.05. The number of anilines is 1. The molecule has 0 spiro atoms. The monoisotopic (exact) mass is 287 g/mol. The van der Waals surface area contributed by atoms with Gasteiger partial charge in [0.25, 0.3) is 5.91 Å². The summed E-state index contributed by atoms with van der Waals surface area (Å²) in [6, 6.07) is 1.73. The molecule has 112 valence electrons. The van der Waals surface area contributed by atoms with E-state index in [1.807, 2.05) is 20.2 Å². The second-order valence-electron chi connectivity index (χ2n) is 4.94. The molecule has 2 rings (SSSR count).